The number of rotatable bonds is 3. The molecule has 3 N–H and O–H groups in total. The van der Waals surface area contributed by atoms with Gasteiger partial charge in [-0.2, -0.15) is 0 Å². The van der Waals surface area contributed by atoms with Crippen LogP contribution < -0.4 is 5.73 Å². The van der Waals surface area contributed by atoms with Crippen LogP contribution in [0.25, 0.3) is 22.2 Å². The molecule has 0 aliphatic rings. The lowest BCUT2D eigenvalue weighted by atomic mass is 9.96. The largest absolute Gasteiger partial charge is 0.398 e. The Labute approximate surface area is 133 Å². The second-order valence-corrected chi connectivity index (χ2v) is 5.48. The lowest BCUT2D eigenvalue weighted by molar-refractivity contribution is 0.881. The quantitative estimate of drug-likeness (QED) is 0.569. The smallest absolute Gasteiger partial charge is 0.179 e. The molecule has 0 unspecified atom stereocenters. The van der Waals surface area contributed by atoms with E-state index >= 15 is 0 Å². The van der Waals surface area contributed by atoms with Crippen molar-refractivity contribution in [1.29, 1.82) is 0 Å². The maximum absolute atomic E-state index is 6.21. The van der Waals surface area contributed by atoms with Crippen LogP contribution >= 0.6 is 0 Å². The third-order valence-electron chi connectivity index (χ3n) is 4.01. The van der Waals surface area contributed by atoms with Crippen LogP contribution in [-0.4, -0.2) is 20.6 Å². The lowest BCUT2D eigenvalue weighted by Gasteiger charge is -2.11. The van der Waals surface area contributed by atoms with Crippen molar-refractivity contribution in [3.63, 3.8) is 0 Å². The van der Waals surface area contributed by atoms with Gasteiger partial charge < -0.3 is 5.73 Å². The number of tetrazole rings is 1. The van der Waals surface area contributed by atoms with E-state index in [1.54, 1.807) is 0 Å². The highest BCUT2D eigenvalue weighted by atomic mass is 15.5. The summed E-state index contributed by atoms with van der Waals surface area (Å²) in [5, 5.41) is 16.6. The number of nitrogens with one attached hydrogen (secondary N) is 1. The molecule has 0 amide bonds. The van der Waals surface area contributed by atoms with E-state index in [4.69, 9.17) is 5.73 Å². The van der Waals surface area contributed by atoms with Gasteiger partial charge in [0, 0.05) is 17.7 Å². The van der Waals surface area contributed by atoms with E-state index in [1.165, 1.54) is 16.3 Å². The molecule has 1 heterocycles. The van der Waals surface area contributed by atoms with Crippen LogP contribution in [0.5, 0.6) is 0 Å². The third-order valence-corrected chi connectivity index (χ3v) is 4.01. The van der Waals surface area contributed by atoms with Gasteiger partial charge in [-0.25, -0.2) is 5.10 Å². The van der Waals surface area contributed by atoms with Crippen LogP contribution in [0.3, 0.4) is 0 Å². The van der Waals surface area contributed by atoms with Gasteiger partial charge in [0.25, 0.3) is 0 Å². The number of H-pyrrole nitrogens is 1. The average molecular weight is 301 g/mol. The van der Waals surface area contributed by atoms with Gasteiger partial charge in [-0.1, -0.05) is 54.6 Å². The summed E-state index contributed by atoms with van der Waals surface area (Å²) in [7, 11) is 0. The van der Waals surface area contributed by atoms with Gasteiger partial charge in [-0.3, -0.25) is 0 Å². The van der Waals surface area contributed by atoms with E-state index in [0.29, 0.717) is 5.82 Å². The van der Waals surface area contributed by atoms with Crippen LogP contribution in [0.1, 0.15) is 11.1 Å². The van der Waals surface area contributed by atoms with E-state index in [2.05, 4.69) is 57.0 Å². The van der Waals surface area contributed by atoms with Gasteiger partial charge in [0.05, 0.1) is 0 Å². The zero-order valence-electron chi connectivity index (χ0n) is 12.4. The Balaban J connectivity index is 1.78. The first-order chi connectivity index (χ1) is 11.3. The molecule has 0 aliphatic carbocycles. The van der Waals surface area contributed by atoms with Crippen molar-refractivity contribution in [3.05, 3.63) is 71.8 Å². The normalized spacial score (nSPS) is 11.0. The molecule has 0 aliphatic heterocycles. The Morgan fingerprint density at radius 3 is 2.61 bits per heavy atom. The summed E-state index contributed by atoms with van der Waals surface area (Å²) in [5.74, 6) is 0.632. The first-order valence-corrected chi connectivity index (χ1v) is 7.40. The number of nitrogens with two attached hydrogens (primary N) is 1. The minimum Gasteiger partial charge on any atom is -0.398 e. The molecule has 5 nitrogen and oxygen atoms in total. The second kappa shape index (κ2) is 5.53. The summed E-state index contributed by atoms with van der Waals surface area (Å²) in [5.41, 5.74) is 10.1. The van der Waals surface area contributed by atoms with Gasteiger partial charge >= 0.3 is 0 Å². The van der Waals surface area contributed by atoms with Gasteiger partial charge in [-0.15, -0.1) is 5.10 Å². The number of benzene rings is 3. The first kappa shape index (κ1) is 13.5. The molecule has 23 heavy (non-hydrogen) atoms. The SMILES string of the molecule is Nc1cccc(-c2nnn[nH]2)c1Cc1ccc2ccccc2c1. The lowest BCUT2D eigenvalue weighted by Crippen LogP contribution is -2.00. The van der Waals surface area contributed by atoms with Crippen molar-refractivity contribution in [2.75, 3.05) is 5.73 Å². The first-order valence-electron chi connectivity index (χ1n) is 7.40. The molecule has 4 rings (SSSR count). The van der Waals surface area contributed by atoms with Crippen LogP contribution in [-0.2, 0) is 6.42 Å². The van der Waals surface area contributed by atoms with Crippen LogP contribution in [0.15, 0.2) is 60.7 Å². The van der Waals surface area contributed by atoms with E-state index in [0.717, 1.165) is 23.2 Å². The number of nitrogens with zero attached hydrogens (tertiary/aromatic N) is 3. The number of fused-ring (bicyclic) bond motifs is 1. The maximum Gasteiger partial charge on any atom is 0.179 e. The number of aromatic amines is 1. The highest BCUT2D eigenvalue weighted by molar-refractivity contribution is 5.83. The maximum atomic E-state index is 6.21. The van der Waals surface area contributed by atoms with E-state index in [-0.39, 0.29) is 0 Å². The standard InChI is InChI=1S/C18H15N5/c19-17-7-3-6-15(18-20-22-23-21-18)16(17)11-12-8-9-13-4-1-2-5-14(13)10-12/h1-10H,11,19H2,(H,20,21,22,23). The van der Waals surface area contributed by atoms with Gasteiger partial charge in [0.15, 0.2) is 5.82 Å². The summed E-state index contributed by atoms with van der Waals surface area (Å²) in [4.78, 5) is 0. The zero-order valence-corrected chi connectivity index (χ0v) is 12.4. The topological polar surface area (TPSA) is 80.5 Å². The predicted octanol–water partition coefficient (Wildman–Crippen LogP) is 3.19. The molecule has 0 fully saturated rings. The average Bonchev–Trinajstić information content (AvgIpc) is 3.11. The number of nitrogen functional groups attached to an aromatic ring is 1. The van der Waals surface area contributed by atoms with Crippen molar-refractivity contribution in [3.8, 4) is 11.4 Å². The van der Waals surface area contributed by atoms with Crippen molar-refractivity contribution in [2.45, 2.75) is 6.42 Å². The van der Waals surface area contributed by atoms with Gasteiger partial charge in [0.1, 0.15) is 0 Å². The molecule has 0 bridgehead atoms. The molecule has 112 valence electrons. The van der Waals surface area contributed by atoms with E-state index in [9.17, 15) is 0 Å². The number of hydrogen-bond acceptors (Lipinski definition) is 4. The molecule has 0 saturated carbocycles. The molecule has 4 aromatic rings. The number of aromatic nitrogens is 4. The summed E-state index contributed by atoms with van der Waals surface area (Å²) in [6.45, 7) is 0. The summed E-state index contributed by atoms with van der Waals surface area (Å²) in [6, 6.07) is 20.6. The van der Waals surface area contributed by atoms with Crippen molar-refractivity contribution in [1.82, 2.24) is 20.6 Å². The Bertz CT molecular complexity index is 960. The Morgan fingerprint density at radius 2 is 1.78 bits per heavy atom. The summed E-state index contributed by atoms with van der Waals surface area (Å²) < 4.78 is 0. The van der Waals surface area contributed by atoms with E-state index in [1.807, 2.05) is 24.3 Å². The predicted molar refractivity (Wildman–Crippen MR) is 90.8 cm³/mol. The van der Waals surface area contributed by atoms with E-state index < -0.39 is 0 Å². The monoisotopic (exact) mass is 301 g/mol. The zero-order chi connectivity index (χ0) is 15.6. The highest BCUT2D eigenvalue weighted by Crippen LogP contribution is 2.28. The molecule has 0 saturated heterocycles. The molecule has 3 aromatic carbocycles. The van der Waals surface area contributed by atoms with Crippen LogP contribution in [0.2, 0.25) is 0 Å². The number of hydrogen-bond donors (Lipinski definition) is 2. The molecule has 0 radical (unpaired) electrons. The fourth-order valence-electron chi connectivity index (χ4n) is 2.85. The Kier molecular flexibility index (Phi) is 3.24. The molecular formula is C18H15N5. The number of anilines is 1. The second-order valence-electron chi connectivity index (χ2n) is 5.48. The fourth-order valence-corrected chi connectivity index (χ4v) is 2.85. The van der Waals surface area contributed by atoms with Gasteiger partial charge in [-0.05, 0) is 38.4 Å². The summed E-state index contributed by atoms with van der Waals surface area (Å²) >= 11 is 0. The van der Waals surface area contributed by atoms with Crippen molar-refractivity contribution < 1.29 is 0 Å². The summed E-state index contributed by atoms with van der Waals surface area (Å²) in [6.07, 6.45) is 0.730. The Morgan fingerprint density at radius 1 is 0.913 bits per heavy atom. The van der Waals surface area contributed by atoms with Crippen LogP contribution in [0, 0.1) is 0 Å². The minimum absolute atomic E-state index is 0.632. The van der Waals surface area contributed by atoms with Gasteiger partial charge in [0.2, 0.25) is 0 Å². The molecule has 5 heteroatoms. The van der Waals surface area contributed by atoms with Crippen molar-refractivity contribution >= 4 is 16.5 Å². The molecular weight excluding hydrogens is 286 g/mol. The minimum atomic E-state index is 0.632. The highest BCUT2D eigenvalue weighted by Gasteiger charge is 2.12. The molecule has 0 spiro atoms. The molecule has 0 atom stereocenters. The fraction of sp³-hybridized carbons (Fsp3) is 0.0556. The molecule has 1 aromatic heterocycles. The van der Waals surface area contributed by atoms with Crippen LogP contribution in [0.4, 0.5) is 5.69 Å². The Hall–Kier alpha value is -3.21. The third kappa shape index (κ3) is 2.53. The van der Waals surface area contributed by atoms with Crippen molar-refractivity contribution in [2.24, 2.45) is 0 Å².